The van der Waals surface area contributed by atoms with Crippen LogP contribution in [-0.4, -0.2) is 13.5 Å². The normalized spacial score (nSPS) is 12.2. The molecule has 0 atom stereocenters. The summed E-state index contributed by atoms with van der Waals surface area (Å²) >= 11 is 1.13. The number of allylic oxidation sites excluding steroid dienone is 1. The molecule has 0 aliphatic heterocycles. The van der Waals surface area contributed by atoms with Crippen LogP contribution in [0.4, 0.5) is 13.2 Å². The molecule has 0 unspecified atom stereocenters. The Labute approximate surface area is 189 Å². The van der Waals surface area contributed by atoms with E-state index in [1.54, 1.807) is 12.1 Å². The molecule has 0 spiro atoms. The monoisotopic (exact) mass is 468 g/mol. The average Bonchev–Trinajstić information content (AvgIpc) is 3.18. The third kappa shape index (κ3) is 4.10. The molecule has 0 aliphatic carbocycles. The van der Waals surface area contributed by atoms with Gasteiger partial charge in [0.05, 0.1) is 16.0 Å². The van der Waals surface area contributed by atoms with Crippen molar-refractivity contribution in [2.75, 3.05) is 0 Å². The van der Waals surface area contributed by atoms with Crippen molar-refractivity contribution in [3.05, 3.63) is 91.9 Å². The Morgan fingerprint density at radius 3 is 2.45 bits per heavy atom. The summed E-state index contributed by atoms with van der Waals surface area (Å²) < 4.78 is 45.5. The number of nitrogens with zero attached hydrogens (tertiary/aromatic N) is 4. The molecule has 10 heteroatoms. The highest BCUT2D eigenvalue weighted by Gasteiger charge is 2.35. The van der Waals surface area contributed by atoms with Crippen LogP contribution in [-0.2, 0) is 13.2 Å². The van der Waals surface area contributed by atoms with Crippen LogP contribution in [0, 0.1) is 18.3 Å². The van der Waals surface area contributed by atoms with Crippen molar-refractivity contribution < 1.29 is 13.2 Å². The minimum absolute atomic E-state index is 0.0795. The first-order chi connectivity index (χ1) is 15.6. The van der Waals surface area contributed by atoms with Gasteiger partial charge in [0, 0.05) is 18.5 Å². The maximum atomic E-state index is 13.1. The predicted molar refractivity (Wildman–Crippen MR) is 120 cm³/mol. The summed E-state index contributed by atoms with van der Waals surface area (Å²) in [6.45, 7) is 1.95. The van der Waals surface area contributed by atoms with Gasteiger partial charge in [0.25, 0.3) is 5.56 Å². The van der Waals surface area contributed by atoms with E-state index >= 15 is 0 Å². The van der Waals surface area contributed by atoms with Gasteiger partial charge >= 0.3 is 11.9 Å². The quantitative estimate of drug-likeness (QED) is 0.414. The van der Waals surface area contributed by atoms with Gasteiger partial charge in [-0.25, -0.2) is 9.36 Å². The van der Waals surface area contributed by atoms with Crippen LogP contribution >= 0.6 is 11.5 Å². The Morgan fingerprint density at radius 2 is 1.82 bits per heavy atom. The van der Waals surface area contributed by atoms with Crippen LogP contribution in [0.2, 0.25) is 0 Å². The lowest BCUT2D eigenvalue weighted by molar-refractivity contribution is -0.144. The molecule has 4 rings (SSSR count). The lowest BCUT2D eigenvalue weighted by atomic mass is 10.0. The number of halogens is 3. The summed E-state index contributed by atoms with van der Waals surface area (Å²) in [5.41, 5.74) is -0.997. The molecular formula is C23H15F3N4O2S. The van der Waals surface area contributed by atoms with Gasteiger partial charge in [-0.15, -0.1) is 0 Å². The Bertz CT molecular complexity index is 1570. The number of aromatic nitrogens is 3. The molecule has 6 nitrogen and oxygen atoms in total. The Kier molecular flexibility index (Phi) is 5.51. The molecular weight excluding hydrogens is 453 g/mol. The van der Waals surface area contributed by atoms with E-state index in [1.165, 1.54) is 12.1 Å². The third-order valence-electron chi connectivity index (χ3n) is 5.09. The molecule has 166 valence electrons. The van der Waals surface area contributed by atoms with E-state index < -0.39 is 23.1 Å². The van der Waals surface area contributed by atoms with E-state index in [-0.39, 0.29) is 11.3 Å². The zero-order chi connectivity index (χ0) is 23.9. The van der Waals surface area contributed by atoms with Crippen LogP contribution in [0.25, 0.3) is 27.4 Å². The summed E-state index contributed by atoms with van der Waals surface area (Å²) in [6.07, 6.45) is -3.17. The van der Waals surface area contributed by atoms with Gasteiger partial charge < -0.3 is 0 Å². The summed E-state index contributed by atoms with van der Waals surface area (Å²) in [7, 11) is 0.954. The minimum Gasteiger partial charge on any atom is -0.292 e. The Balaban J connectivity index is 1.89. The van der Waals surface area contributed by atoms with Gasteiger partial charge in [0.1, 0.15) is 17.5 Å². The van der Waals surface area contributed by atoms with Crippen molar-refractivity contribution in [3.63, 3.8) is 0 Å². The van der Waals surface area contributed by atoms with Crippen LogP contribution in [0.5, 0.6) is 0 Å². The molecule has 0 N–H and O–H groups in total. The summed E-state index contributed by atoms with van der Waals surface area (Å²) in [6, 6.07) is 14.6. The smallest absolute Gasteiger partial charge is 0.292 e. The van der Waals surface area contributed by atoms with Gasteiger partial charge in [0.15, 0.2) is 0 Å². The zero-order valence-corrected chi connectivity index (χ0v) is 18.2. The number of hydrogen-bond donors (Lipinski definition) is 0. The topological polar surface area (TPSA) is 80.7 Å². The van der Waals surface area contributed by atoms with Gasteiger partial charge in [-0.05, 0) is 48.3 Å². The van der Waals surface area contributed by atoms with Crippen molar-refractivity contribution in [3.8, 4) is 11.8 Å². The molecule has 0 fully saturated rings. The first-order valence-electron chi connectivity index (χ1n) is 9.59. The standard InChI is InChI=1S/C23H15F3N4O2S/c1-13-3-5-14(6-4-13)9-15(12-27)21-17-10-16(7-8-18(17)33-28-21)30-20(31)11-19(23(24,25)26)29(2)22(30)32/h3-11H,1-2H3. The van der Waals surface area contributed by atoms with E-state index in [1.807, 2.05) is 31.2 Å². The summed E-state index contributed by atoms with van der Waals surface area (Å²) in [5.74, 6) is 0. The first-order valence-corrected chi connectivity index (χ1v) is 10.4. The lowest BCUT2D eigenvalue weighted by Gasteiger charge is -2.14. The highest BCUT2D eigenvalue weighted by atomic mass is 32.1. The summed E-state index contributed by atoms with van der Waals surface area (Å²) in [5, 5.41) is 10.2. The third-order valence-corrected chi connectivity index (χ3v) is 5.91. The molecule has 0 radical (unpaired) electrons. The number of nitriles is 1. The molecule has 0 saturated carbocycles. The Hall–Kier alpha value is -3.97. The van der Waals surface area contributed by atoms with Crippen LogP contribution < -0.4 is 11.2 Å². The van der Waals surface area contributed by atoms with Gasteiger partial charge in [-0.2, -0.15) is 22.8 Å². The second kappa shape index (κ2) is 8.18. The van der Waals surface area contributed by atoms with Crippen molar-refractivity contribution in [1.82, 2.24) is 13.5 Å². The maximum absolute atomic E-state index is 13.1. The highest BCUT2D eigenvalue weighted by molar-refractivity contribution is 7.13. The Morgan fingerprint density at radius 1 is 1.12 bits per heavy atom. The van der Waals surface area contributed by atoms with Crippen LogP contribution in [0.1, 0.15) is 22.5 Å². The summed E-state index contributed by atoms with van der Waals surface area (Å²) in [4.78, 5) is 25.1. The van der Waals surface area contributed by atoms with Crippen molar-refractivity contribution in [1.29, 1.82) is 5.26 Å². The number of hydrogen-bond acceptors (Lipinski definition) is 5. The number of alkyl halides is 3. The molecule has 0 amide bonds. The number of fused-ring (bicyclic) bond motifs is 1. The van der Waals surface area contributed by atoms with Crippen molar-refractivity contribution >= 4 is 33.3 Å². The van der Waals surface area contributed by atoms with E-state index in [0.717, 1.165) is 29.7 Å². The lowest BCUT2D eigenvalue weighted by Crippen LogP contribution is -2.40. The van der Waals surface area contributed by atoms with Crippen molar-refractivity contribution in [2.24, 2.45) is 7.05 Å². The molecule has 2 aromatic carbocycles. The second-order valence-corrected chi connectivity index (χ2v) is 8.14. The van der Waals surface area contributed by atoms with Gasteiger partial charge in [0.2, 0.25) is 0 Å². The van der Waals surface area contributed by atoms with Gasteiger partial charge in [-0.1, -0.05) is 29.8 Å². The first kappa shape index (κ1) is 22.2. The molecule has 0 aliphatic rings. The molecule has 4 aromatic rings. The van der Waals surface area contributed by atoms with E-state index in [9.17, 15) is 28.0 Å². The molecule has 33 heavy (non-hydrogen) atoms. The SMILES string of the molecule is Cc1ccc(C=C(C#N)c2nsc3ccc(-n4c(=O)cc(C(F)(F)F)n(C)c4=O)cc23)cc1. The fourth-order valence-electron chi connectivity index (χ4n) is 3.38. The van der Waals surface area contributed by atoms with Crippen LogP contribution in [0.3, 0.4) is 0 Å². The minimum atomic E-state index is -4.84. The fraction of sp³-hybridized carbons (Fsp3) is 0.130. The van der Waals surface area contributed by atoms with Gasteiger partial charge in [-0.3, -0.25) is 9.36 Å². The zero-order valence-electron chi connectivity index (χ0n) is 17.3. The number of rotatable bonds is 3. The van der Waals surface area contributed by atoms with E-state index in [0.29, 0.717) is 31.0 Å². The average molecular weight is 468 g/mol. The highest BCUT2D eigenvalue weighted by Crippen LogP contribution is 2.31. The molecule has 2 heterocycles. The predicted octanol–water partition coefficient (Wildman–Crippen LogP) is 4.54. The van der Waals surface area contributed by atoms with E-state index in [4.69, 9.17) is 0 Å². The van der Waals surface area contributed by atoms with Crippen LogP contribution in [0.15, 0.2) is 58.1 Å². The van der Waals surface area contributed by atoms with Crippen molar-refractivity contribution in [2.45, 2.75) is 13.1 Å². The number of benzene rings is 2. The number of aryl methyl sites for hydroxylation is 1. The maximum Gasteiger partial charge on any atom is 0.431 e. The van der Waals surface area contributed by atoms with E-state index in [2.05, 4.69) is 10.4 Å². The fourth-order valence-corrected chi connectivity index (χ4v) is 4.15. The second-order valence-electron chi connectivity index (χ2n) is 7.33. The largest absolute Gasteiger partial charge is 0.431 e. The molecule has 0 bridgehead atoms. The molecule has 2 aromatic heterocycles. The molecule has 0 saturated heterocycles.